The molecule has 0 aromatic carbocycles. The van der Waals surface area contributed by atoms with E-state index in [2.05, 4.69) is 40.7 Å². The van der Waals surface area contributed by atoms with Gasteiger partial charge in [-0.2, -0.15) is 25.8 Å². The molecule has 0 bridgehead atoms. The molecule has 16 nitrogen and oxygen atoms in total. The molecular weight excluding hydrogens is 653 g/mol. The molecule has 172 valence electrons. The minimum atomic E-state index is -2.77. The monoisotopic (exact) mass is 668 g/mol. The average Bonchev–Trinajstić information content (AvgIpc) is 2.75. The second-order valence-corrected chi connectivity index (χ2v) is 4.46. The zero-order chi connectivity index (χ0) is 25.1. The van der Waals surface area contributed by atoms with E-state index in [-0.39, 0.29) is 60.7 Å². The summed E-state index contributed by atoms with van der Waals surface area (Å²) in [4.78, 5) is 86.8. The Kier molecular flexibility index (Phi) is 122. The van der Waals surface area contributed by atoms with Gasteiger partial charge in [0, 0.05) is 0 Å². The summed E-state index contributed by atoms with van der Waals surface area (Å²) in [5, 5.41) is 23.8. The molecule has 0 aliphatic rings. The van der Waals surface area contributed by atoms with E-state index in [9.17, 15) is 29.4 Å². The van der Waals surface area contributed by atoms with Crippen LogP contribution in [0.1, 0.15) is 0 Å². The fraction of sp³-hybridized carbons (Fsp3) is 0.600. The predicted octanol–water partition coefficient (Wildman–Crippen LogP) is -7.76. The Morgan fingerprint density at radius 1 is 0.500 bits per heavy atom. The topological polar surface area (TPSA) is 295 Å². The maximum atomic E-state index is 9.46. The van der Waals surface area contributed by atoms with E-state index < -0.39 is 25.8 Å². The normalized spacial score (nSPS) is 7.73. The van der Waals surface area contributed by atoms with Crippen LogP contribution in [-0.4, -0.2) is 82.1 Å². The van der Waals surface area contributed by atoms with E-state index in [1.54, 1.807) is 0 Å². The van der Waals surface area contributed by atoms with Crippen LogP contribution in [0.2, 0.25) is 0 Å². The van der Waals surface area contributed by atoms with Crippen molar-refractivity contribution < 1.29 is 98.5 Å². The molecule has 0 fully saturated rings. The van der Waals surface area contributed by atoms with Gasteiger partial charge in [0.1, 0.15) is 0 Å². The molecule has 0 unspecified atom stereocenters. The molecule has 20 heteroatoms. The Balaban J connectivity index is -0.0000000339. The van der Waals surface area contributed by atoms with Crippen molar-refractivity contribution in [3.8, 4) is 0 Å². The second kappa shape index (κ2) is 70.1. The van der Waals surface area contributed by atoms with Gasteiger partial charge in [0.15, 0.2) is 0 Å². The number of hydrogen-bond acceptors (Lipinski definition) is 16. The number of aliphatic hydroxyl groups excluding tert-OH is 3. The molecule has 30 heavy (non-hydrogen) atoms. The van der Waals surface area contributed by atoms with Gasteiger partial charge >= 0.3 is 21.1 Å². The Bertz CT molecular complexity index is 199. The van der Waals surface area contributed by atoms with Gasteiger partial charge in [-0.3, -0.25) is 19.2 Å². The zero-order valence-electron chi connectivity index (χ0n) is 14.6. The van der Waals surface area contributed by atoms with E-state index >= 15 is 0 Å². The van der Waals surface area contributed by atoms with Gasteiger partial charge in [-0.05, 0) is 0 Å². The summed E-state index contributed by atoms with van der Waals surface area (Å²) in [5.74, 6) is 0. The smallest absolute Gasteiger partial charge is 0.820 e. The van der Waals surface area contributed by atoms with E-state index in [0.717, 1.165) is 0 Å². The SMILES string of the molecule is [C]=O.[C]=O.[C]=O.[C]=O.[O-]P([O-])OCCO.[O-]P([O-])OCCO.[O-]P([O-])OCCO.[W+6]. The molecule has 0 saturated heterocycles. The van der Waals surface area contributed by atoms with Crippen LogP contribution in [0.5, 0.6) is 0 Å². The fourth-order valence-electron chi connectivity index (χ4n) is 0.346. The van der Waals surface area contributed by atoms with Gasteiger partial charge in [0.2, 0.25) is 0 Å². The van der Waals surface area contributed by atoms with Crippen LogP contribution < -0.4 is 29.4 Å². The Hall–Kier alpha value is 0.178. The van der Waals surface area contributed by atoms with Gasteiger partial charge in [-0.1, -0.05) is 0 Å². The van der Waals surface area contributed by atoms with E-state index in [4.69, 9.17) is 34.5 Å². The maximum Gasteiger partial charge on any atom is 6.00 e. The van der Waals surface area contributed by atoms with Crippen molar-refractivity contribution in [2.75, 3.05) is 39.6 Å². The summed E-state index contributed by atoms with van der Waals surface area (Å²) < 4.78 is 11.7. The Morgan fingerprint density at radius 2 is 0.633 bits per heavy atom. The average molecular weight is 668 g/mol. The third-order valence-corrected chi connectivity index (χ3v) is 2.04. The van der Waals surface area contributed by atoms with Gasteiger partial charge in [0.25, 0.3) is 27.2 Å². The van der Waals surface area contributed by atoms with Crippen molar-refractivity contribution in [3.05, 3.63) is 0 Å². The van der Waals surface area contributed by atoms with Crippen LogP contribution >= 0.6 is 25.8 Å². The summed E-state index contributed by atoms with van der Waals surface area (Å²) >= 11 is 0. The molecule has 0 aliphatic carbocycles. The van der Waals surface area contributed by atoms with Crippen LogP contribution in [-0.2, 0) is 53.8 Å². The molecule has 0 aliphatic heterocycles. The summed E-state index contributed by atoms with van der Waals surface area (Å²) in [6, 6.07) is 0. The van der Waals surface area contributed by atoms with Crippen molar-refractivity contribution in [3.63, 3.8) is 0 Å². The largest absolute Gasteiger partial charge is 6.00 e. The molecule has 0 saturated carbocycles. The molecular formula is C10H15O16P3W. The van der Waals surface area contributed by atoms with E-state index in [1.165, 1.54) is 0 Å². The third-order valence-electron chi connectivity index (χ3n) is 0.864. The summed E-state index contributed by atoms with van der Waals surface area (Å²) in [5.41, 5.74) is 0. The fourth-order valence-corrected chi connectivity index (χ4v) is 1.04. The predicted molar refractivity (Wildman–Crippen MR) is 82.6 cm³/mol. The van der Waals surface area contributed by atoms with Crippen molar-refractivity contribution in [1.82, 2.24) is 0 Å². The minimum Gasteiger partial charge on any atom is -0.820 e. The molecule has 0 amide bonds. The quantitative estimate of drug-likeness (QED) is 0.192. The number of aliphatic hydroxyl groups is 3. The van der Waals surface area contributed by atoms with Crippen LogP contribution in [0, 0.1) is 0 Å². The molecule has 0 aromatic heterocycles. The van der Waals surface area contributed by atoms with Crippen LogP contribution in [0.4, 0.5) is 0 Å². The van der Waals surface area contributed by atoms with Gasteiger partial charge < -0.3 is 58.3 Å². The molecule has 3 N–H and O–H groups in total. The molecule has 0 atom stereocenters. The van der Waals surface area contributed by atoms with Crippen molar-refractivity contribution in [2.24, 2.45) is 0 Å². The molecule has 0 rings (SSSR count). The minimum absolute atomic E-state index is 0. The van der Waals surface area contributed by atoms with Gasteiger partial charge in [0.05, 0.1) is 39.6 Å². The maximum absolute atomic E-state index is 9.46. The first-order valence-corrected chi connectivity index (χ1v) is 9.06. The number of hydrogen-bond donors (Lipinski definition) is 3. The zero-order valence-corrected chi connectivity index (χ0v) is 20.3. The Labute approximate surface area is 191 Å². The number of carbonyl (C=O) groups excluding carboxylic acids is 4. The van der Waals surface area contributed by atoms with Gasteiger partial charge in [-0.15, -0.1) is 0 Å². The van der Waals surface area contributed by atoms with Crippen LogP contribution in [0.15, 0.2) is 0 Å². The third kappa shape index (κ3) is 140. The number of rotatable bonds is 9. The van der Waals surface area contributed by atoms with Crippen molar-refractivity contribution in [2.45, 2.75) is 0 Å². The Morgan fingerprint density at radius 3 is 0.667 bits per heavy atom. The first-order valence-electron chi connectivity index (χ1n) is 5.77. The van der Waals surface area contributed by atoms with Gasteiger partial charge in [-0.25, -0.2) is 0 Å². The van der Waals surface area contributed by atoms with Crippen molar-refractivity contribution in [1.29, 1.82) is 0 Å². The summed E-state index contributed by atoms with van der Waals surface area (Å²) in [6.45, 7) is 16.8. The van der Waals surface area contributed by atoms with Crippen LogP contribution in [0.3, 0.4) is 0 Å². The molecule has 0 spiro atoms. The van der Waals surface area contributed by atoms with E-state index in [0.29, 0.717) is 0 Å². The van der Waals surface area contributed by atoms with Crippen molar-refractivity contribution >= 4 is 53.0 Å². The first kappa shape index (κ1) is 52.2. The second-order valence-electron chi connectivity index (χ2n) is 2.34. The summed E-state index contributed by atoms with van der Waals surface area (Å²) in [6.07, 6.45) is 0. The first-order chi connectivity index (χ1) is 13.8. The standard InChI is InChI=1S/3C2H5O4P.4CO.W/c3*3-1-2-6-7(4)5;4*1-2;/h3*3H,1-2H2;;;;;/q3*-2;;;;;+6. The van der Waals surface area contributed by atoms with E-state index in [1.807, 2.05) is 0 Å². The van der Waals surface area contributed by atoms with Crippen LogP contribution in [0.25, 0.3) is 0 Å². The summed E-state index contributed by atoms with van der Waals surface area (Å²) in [7, 11) is -8.30. The molecule has 0 heterocycles. The molecule has 8 radical (unpaired) electrons. The molecule has 0 aromatic rings.